The number of phenols is 1. The van der Waals surface area contributed by atoms with E-state index in [1.54, 1.807) is 30.3 Å². The number of rotatable bonds is 3. The van der Waals surface area contributed by atoms with E-state index in [0.717, 1.165) is 21.8 Å². The van der Waals surface area contributed by atoms with Gasteiger partial charge in [0, 0.05) is 16.7 Å². The Kier molecular flexibility index (Phi) is 4.63. The molecule has 7 heteroatoms. The molecule has 6 nitrogen and oxygen atoms in total. The highest BCUT2D eigenvalue weighted by Gasteiger charge is 2.35. The molecule has 1 aromatic heterocycles. The van der Waals surface area contributed by atoms with Crippen molar-refractivity contribution in [2.24, 2.45) is 4.99 Å². The number of nitriles is 1. The highest BCUT2D eigenvalue weighted by Crippen LogP contribution is 2.38. The van der Waals surface area contributed by atoms with Gasteiger partial charge in [0.15, 0.2) is 0 Å². The largest absolute Gasteiger partial charge is 0.508 e. The average Bonchev–Trinajstić information content (AvgIpc) is 3.17. The Morgan fingerprint density at radius 2 is 2.04 bits per heavy atom. The van der Waals surface area contributed by atoms with E-state index in [4.69, 9.17) is 10.2 Å². The first-order chi connectivity index (χ1) is 13.5. The van der Waals surface area contributed by atoms with E-state index >= 15 is 0 Å². The molecule has 0 saturated carbocycles. The third-order valence-electron chi connectivity index (χ3n) is 4.65. The molecule has 4 rings (SSSR count). The van der Waals surface area contributed by atoms with Gasteiger partial charge in [0.2, 0.25) is 0 Å². The monoisotopic (exact) mass is 388 g/mol. The Labute approximate surface area is 165 Å². The molecule has 138 valence electrons. The van der Waals surface area contributed by atoms with Crippen molar-refractivity contribution in [3.05, 3.63) is 70.0 Å². The highest BCUT2D eigenvalue weighted by atomic mass is 32.1. The smallest absolute Gasteiger partial charge is 0.341 e. The molecule has 2 unspecified atom stereocenters. The number of phenolic OH excluding ortho intramolecular Hbond substituents is 1. The Morgan fingerprint density at radius 3 is 2.82 bits per heavy atom. The summed E-state index contributed by atoms with van der Waals surface area (Å²) in [4.78, 5) is 20.9. The molecular weight excluding hydrogens is 372 g/mol. The molecular formula is C21H16N4O2S. The highest BCUT2D eigenvalue weighted by molar-refractivity contribution is 7.10. The fourth-order valence-corrected chi connectivity index (χ4v) is 4.37. The van der Waals surface area contributed by atoms with Crippen LogP contribution in [-0.2, 0) is 0 Å². The van der Waals surface area contributed by atoms with Crippen molar-refractivity contribution in [2.45, 2.75) is 18.9 Å². The van der Waals surface area contributed by atoms with Crippen LogP contribution in [0, 0.1) is 11.3 Å². The number of nitrogens with one attached hydrogen (secondary N) is 1. The maximum absolute atomic E-state index is 12.0. The standard InChI is InChI=1S/C21H16N4O2S/c1-12-18(19(25-21(27)23-12)15-6-3-7-16(26)9-15)20-24-17(11-28-20)14-5-2-4-13(8-14)10-22/h2-9,11,18-19,26H,1H3,(H,25,27). The molecule has 2 aromatic carbocycles. The second-order valence-electron chi connectivity index (χ2n) is 6.52. The Bertz CT molecular complexity index is 1130. The average molecular weight is 388 g/mol. The maximum Gasteiger partial charge on any atom is 0.341 e. The maximum atomic E-state index is 12.0. The normalized spacial score (nSPS) is 18.9. The van der Waals surface area contributed by atoms with Gasteiger partial charge < -0.3 is 10.4 Å². The minimum atomic E-state index is -0.402. The second-order valence-corrected chi connectivity index (χ2v) is 7.41. The predicted octanol–water partition coefficient (Wildman–Crippen LogP) is 4.40. The van der Waals surface area contributed by atoms with Crippen molar-refractivity contribution in [3.8, 4) is 23.1 Å². The number of aromatic nitrogens is 1. The number of hydrogen-bond acceptors (Lipinski definition) is 5. The molecule has 0 bridgehead atoms. The third kappa shape index (κ3) is 3.38. The van der Waals surface area contributed by atoms with E-state index in [0.29, 0.717) is 11.3 Å². The lowest BCUT2D eigenvalue weighted by Gasteiger charge is -2.30. The second kappa shape index (κ2) is 7.25. The minimum absolute atomic E-state index is 0.138. The van der Waals surface area contributed by atoms with Gasteiger partial charge in [-0.25, -0.2) is 14.8 Å². The van der Waals surface area contributed by atoms with Crippen molar-refractivity contribution in [2.75, 3.05) is 0 Å². The first kappa shape index (κ1) is 17.9. The molecule has 1 aliphatic rings. The predicted molar refractivity (Wildman–Crippen MR) is 107 cm³/mol. The minimum Gasteiger partial charge on any atom is -0.508 e. The lowest BCUT2D eigenvalue weighted by atomic mass is 9.88. The molecule has 0 spiro atoms. The van der Waals surface area contributed by atoms with Crippen LogP contribution in [0.2, 0.25) is 0 Å². The van der Waals surface area contributed by atoms with Crippen LogP contribution in [-0.4, -0.2) is 21.8 Å². The number of thiazole rings is 1. The van der Waals surface area contributed by atoms with E-state index in [9.17, 15) is 9.90 Å². The molecule has 2 N–H and O–H groups in total. The summed E-state index contributed by atoms with van der Waals surface area (Å²) in [5.41, 5.74) is 3.67. The summed E-state index contributed by atoms with van der Waals surface area (Å²) in [6.45, 7) is 1.82. The van der Waals surface area contributed by atoms with E-state index in [1.807, 2.05) is 30.5 Å². The van der Waals surface area contributed by atoms with E-state index in [-0.39, 0.29) is 17.7 Å². The molecule has 0 fully saturated rings. The SMILES string of the molecule is CC1=NC(=O)NC(c2cccc(O)c2)C1c1nc(-c2cccc(C#N)c2)cs1. The van der Waals surface area contributed by atoms with Crippen molar-refractivity contribution in [1.29, 1.82) is 5.26 Å². The van der Waals surface area contributed by atoms with Crippen molar-refractivity contribution >= 4 is 23.1 Å². The zero-order chi connectivity index (χ0) is 19.7. The number of aliphatic imine (C=N–C) groups is 1. The fraction of sp³-hybridized carbons (Fsp3) is 0.143. The molecule has 2 heterocycles. The van der Waals surface area contributed by atoms with Gasteiger partial charge in [0.25, 0.3) is 0 Å². The van der Waals surface area contributed by atoms with E-state index in [1.165, 1.54) is 11.3 Å². The summed E-state index contributed by atoms with van der Waals surface area (Å²) in [5.74, 6) is -0.101. The van der Waals surface area contributed by atoms with Gasteiger partial charge in [0.1, 0.15) is 10.8 Å². The molecule has 2 amide bonds. The van der Waals surface area contributed by atoms with Gasteiger partial charge in [0.05, 0.1) is 29.3 Å². The summed E-state index contributed by atoms with van der Waals surface area (Å²) in [5, 5.41) is 24.6. The number of nitrogens with zero attached hydrogens (tertiary/aromatic N) is 3. The summed E-state index contributed by atoms with van der Waals surface area (Å²) in [7, 11) is 0. The van der Waals surface area contributed by atoms with E-state index < -0.39 is 6.03 Å². The molecule has 28 heavy (non-hydrogen) atoms. The number of carbonyl (C=O) groups is 1. The van der Waals surface area contributed by atoms with Gasteiger partial charge >= 0.3 is 6.03 Å². The van der Waals surface area contributed by atoms with Gasteiger partial charge in [-0.2, -0.15) is 5.26 Å². The Balaban J connectivity index is 1.75. The van der Waals surface area contributed by atoms with E-state index in [2.05, 4.69) is 16.4 Å². The molecule has 0 radical (unpaired) electrons. The summed E-state index contributed by atoms with van der Waals surface area (Å²) < 4.78 is 0. The fourth-order valence-electron chi connectivity index (χ4n) is 3.35. The summed E-state index contributed by atoms with van der Waals surface area (Å²) >= 11 is 1.48. The van der Waals surface area contributed by atoms with Crippen LogP contribution >= 0.6 is 11.3 Å². The number of urea groups is 1. The molecule has 0 aliphatic carbocycles. The Hall–Kier alpha value is -3.50. The summed E-state index contributed by atoms with van der Waals surface area (Å²) in [6, 6.07) is 15.5. The van der Waals surface area contributed by atoms with Gasteiger partial charge in [-0.1, -0.05) is 24.3 Å². The van der Waals surface area contributed by atoms with Crippen molar-refractivity contribution in [3.63, 3.8) is 0 Å². The van der Waals surface area contributed by atoms with Crippen LogP contribution in [0.25, 0.3) is 11.3 Å². The molecule has 3 aromatic rings. The van der Waals surface area contributed by atoms with Crippen LogP contribution in [0.1, 0.15) is 35.0 Å². The lowest BCUT2D eigenvalue weighted by Crippen LogP contribution is -2.38. The number of amides is 2. The molecule has 0 saturated heterocycles. The number of benzene rings is 2. The van der Waals surface area contributed by atoms with Gasteiger partial charge in [-0.05, 0) is 36.8 Å². The molecule has 1 aliphatic heterocycles. The number of aromatic hydroxyl groups is 1. The zero-order valence-electron chi connectivity index (χ0n) is 15.0. The van der Waals surface area contributed by atoms with Crippen molar-refractivity contribution in [1.82, 2.24) is 10.3 Å². The third-order valence-corrected chi connectivity index (χ3v) is 5.57. The first-order valence-electron chi connectivity index (χ1n) is 8.66. The molecule has 2 atom stereocenters. The van der Waals surface area contributed by atoms with Crippen LogP contribution in [0.3, 0.4) is 0 Å². The zero-order valence-corrected chi connectivity index (χ0v) is 15.8. The van der Waals surface area contributed by atoms with Crippen LogP contribution in [0.5, 0.6) is 5.75 Å². The van der Waals surface area contributed by atoms with Crippen LogP contribution in [0.15, 0.2) is 58.9 Å². The first-order valence-corrected chi connectivity index (χ1v) is 9.53. The number of carbonyl (C=O) groups excluding carboxylic acids is 1. The van der Waals surface area contributed by atoms with Gasteiger partial charge in [-0.15, -0.1) is 11.3 Å². The van der Waals surface area contributed by atoms with Gasteiger partial charge in [-0.3, -0.25) is 0 Å². The quantitative estimate of drug-likeness (QED) is 0.695. The van der Waals surface area contributed by atoms with Crippen molar-refractivity contribution < 1.29 is 9.90 Å². The van der Waals surface area contributed by atoms with Crippen LogP contribution < -0.4 is 5.32 Å². The Morgan fingerprint density at radius 1 is 1.21 bits per heavy atom. The lowest BCUT2D eigenvalue weighted by molar-refractivity contribution is 0.243. The topological polar surface area (TPSA) is 98.4 Å². The van der Waals surface area contributed by atoms with Crippen LogP contribution in [0.4, 0.5) is 4.79 Å². The summed E-state index contributed by atoms with van der Waals surface area (Å²) in [6.07, 6.45) is 0. The number of hydrogen-bond donors (Lipinski definition) is 2.